The number of hydrogen-bond donors (Lipinski definition) is 2. The lowest BCUT2D eigenvalue weighted by atomic mass is 10.1. The van der Waals surface area contributed by atoms with Crippen LogP contribution in [0.4, 0.5) is 5.69 Å². The Morgan fingerprint density at radius 2 is 2.30 bits per heavy atom. The average molecular weight is 273 g/mol. The van der Waals surface area contributed by atoms with Gasteiger partial charge in [0.25, 0.3) is 5.91 Å². The number of rotatable bonds is 2. The monoisotopic (exact) mass is 273 g/mol. The number of carbonyl (C=O) groups excluding carboxylic acids is 1. The van der Waals surface area contributed by atoms with Crippen molar-refractivity contribution in [1.82, 2.24) is 0 Å². The third-order valence-corrected chi connectivity index (χ3v) is 3.33. The normalized spacial score (nSPS) is 21.1. The van der Waals surface area contributed by atoms with Gasteiger partial charge in [-0.15, -0.1) is 0 Å². The Hall–Kier alpha value is -1.83. The highest BCUT2D eigenvalue weighted by molar-refractivity contribution is 5.94. The molecule has 0 radical (unpaired) electrons. The average Bonchev–Trinajstić information content (AvgIpc) is 2.86. The minimum absolute atomic E-state index is 0.112. The predicted octanol–water partition coefficient (Wildman–Crippen LogP) is 1.84. The van der Waals surface area contributed by atoms with Crippen molar-refractivity contribution in [3.05, 3.63) is 29.3 Å². The van der Waals surface area contributed by atoms with Crippen molar-refractivity contribution in [3.8, 4) is 11.8 Å². The summed E-state index contributed by atoms with van der Waals surface area (Å²) < 4.78 is 5.54. The van der Waals surface area contributed by atoms with Gasteiger partial charge in [0, 0.05) is 11.3 Å². The molecule has 4 heteroatoms. The molecule has 0 aliphatic carbocycles. The third kappa shape index (κ3) is 3.60. The van der Waals surface area contributed by atoms with Crippen LogP contribution in [0.2, 0.25) is 0 Å². The first-order valence-corrected chi connectivity index (χ1v) is 6.77. The number of benzene rings is 1. The molecule has 1 amide bonds. The second-order valence-electron chi connectivity index (χ2n) is 4.99. The van der Waals surface area contributed by atoms with Gasteiger partial charge in [0.2, 0.25) is 0 Å². The molecule has 2 unspecified atom stereocenters. The molecule has 1 aromatic rings. The van der Waals surface area contributed by atoms with E-state index in [1.54, 1.807) is 0 Å². The number of hydrogen-bond acceptors (Lipinski definition) is 3. The van der Waals surface area contributed by atoms with Crippen LogP contribution < -0.4 is 5.32 Å². The van der Waals surface area contributed by atoms with Gasteiger partial charge >= 0.3 is 0 Å². The summed E-state index contributed by atoms with van der Waals surface area (Å²) in [4.78, 5) is 12.1. The largest absolute Gasteiger partial charge is 0.384 e. The lowest BCUT2D eigenvalue weighted by Gasteiger charge is -2.12. The molecule has 1 fully saturated rings. The molecule has 2 atom stereocenters. The number of carbonyl (C=O) groups is 1. The van der Waals surface area contributed by atoms with Crippen molar-refractivity contribution < 1.29 is 14.6 Å². The summed E-state index contributed by atoms with van der Waals surface area (Å²) in [6.07, 6.45) is 1.46. The number of ether oxygens (including phenoxy) is 1. The van der Waals surface area contributed by atoms with Gasteiger partial charge in [-0.1, -0.05) is 17.9 Å². The molecule has 0 bridgehead atoms. The molecule has 1 aliphatic rings. The number of anilines is 1. The maximum Gasteiger partial charge on any atom is 0.253 e. The summed E-state index contributed by atoms with van der Waals surface area (Å²) in [5, 5.41) is 11.6. The molecule has 1 heterocycles. The van der Waals surface area contributed by atoms with E-state index in [0.717, 1.165) is 24.0 Å². The number of nitrogens with one attached hydrogen (secondary N) is 1. The predicted molar refractivity (Wildman–Crippen MR) is 77.3 cm³/mol. The lowest BCUT2D eigenvalue weighted by Crippen LogP contribution is -2.27. The third-order valence-electron chi connectivity index (χ3n) is 3.33. The molecule has 0 saturated carbocycles. The van der Waals surface area contributed by atoms with E-state index in [4.69, 9.17) is 9.84 Å². The van der Waals surface area contributed by atoms with Gasteiger partial charge < -0.3 is 15.2 Å². The smallest absolute Gasteiger partial charge is 0.253 e. The van der Waals surface area contributed by atoms with Crippen molar-refractivity contribution >= 4 is 11.6 Å². The quantitative estimate of drug-likeness (QED) is 0.808. The molecule has 20 heavy (non-hydrogen) atoms. The van der Waals surface area contributed by atoms with Crippen LogP contribution in [0.15, 0.2) is 18.2 Å². The van der Waals surface area contributed by atoms with Gasteiger partial charge in [0.05, 0.1) is 6.10 Å². The van der Waals surface area contributed by atoms with Crippen LogP contribution in [-0.2, 0) is 9.53 Å². The summed E-state index contributed by atoms with van der Waals surface area (Å²) in [7, 11) is 0. The van der Waals surface area contributed by atoms with E-state index in [0.29, 0.717) is 5.69 Å². The van der Waals surface area contributed by atoms with Gasteiger partial charge in [0.15, 0.2) is 0 Å². The van der Waals surface area contributed by atoms with E-state index in [9.17, 15) is 4.79 Å². The highest BCUT2D eigenvalue weighted by Gasteiger charge is 2.28. The Labute approximate surface area is 119 Å². The maximum atomic E-state index is 12.1. The van der Waals surface area contributed by atoms with Crippen molar-refractivity contribution in [2.75, 3.05) is 11.9 Å². The van der Waals surface area contributed by atoms with Crippen LogP contribution in [-0.4, -0.2) is 29.8 Å². The fourth-order valence-corrected chi connectivity index (χ4v) is 2.19. The summed E-state index contributed by atoms with van der Waals surface area (Å²) >= 11 is 0. The molecule has 1 saturated heterocycles. The molecule has 106 valence electrons. The SMILES string of the molecule is Cc1ccc(NC(=O)C2CCC(C)O2)cc1C#CCO. The first-order chi connectivity index (χ1) is 9.60. The Kier molecular flexibility index (Phi) is 4.78. The topological polar surface area (TPSA) is 58.6 Å². The fraction of sp³-hybridized carbons (Fsp3) is 0.438. The lowest BCUT2D eigenvalue weighted by molar-refractivity contribution is -0.126. The van der Waals surface area contributed by atoms with Crippen molar-refractivity contribution in [3.63, 3.8) is 0 Å². The summed E-state index contributed by atoms with van der Waals surface area (Å²) in [6.45, 7) is 3.74. The van der Waals surface area contributed by atoms with Crippen LogP contribution >= 0.6 is 0 Å². The standard InChI is InChI=1S/C16H19NO3/c1-11-5-7-14(10-13(11)4-3-9-18)17-16(19)15-8-6-12(2)20-15/h5,7,10,12,15,18H,6,8-9H2,1-2H3,(H,17,19). The Bertz CT molecular complexity index is 557. The zero-order valence-electron chi connectivity index (χ0n) is 11.8. The maximum absolute atomic E-state index is 12.1. The molecule has 1 aromatic carbocycles. The molecule has 0 aromatic heterocycles. The summed E-state index contributed by atoms with van der Waals surface area (Å²) in [5.74, 6) is 5.37. The van der Waals surface area contributed by atoms with E-state index < -0.39 is 0 Å². The Balaban J connectivity index is 2.07. The van der Waals surface area contributed by atoms with Gasteiger partial charge in [-0.2, -0.15) is 0 Å². The fourth-order valence-electron chi connectivity index (χ4n) is 2.19. The second kappa shape index (κ2) is 6.56. The number of aliphatic hydroxyl groups excluding tert-OH is 1. The van der Waals surface area contributed by atoms with Crippen molar-refractivity contribution in [1.29, 1.82) is 0 Å². The van der Waals surface area contributed by atoms with E-state index in [-0.39, 0.29) is 24.7 Å². The molecule has 0 spiro atoms. The zero-order chi connectivity index (χ0) is 14.5. The highest BCUT2D eigenvalue weighted by atomic mass is 16.5. The highest BCUT2D eigenvalue weighted by Crippen LogP contribution is 2.21. The first kappa shape index (κ1) is 14.6. The van der Waals surface area contributed by atoms with E-state index in [1.807, 2.05) is 32.0 Å². The molecule has 1 aliphatic heterocycles. The van der Waals surface area contributed by atoms with E-state index >= 15 is 0 Å². The minimum atomic E-state index is -0.363. The van der Waals surface area contributed by atoms with Gasteiger partial charge in [-0.25, -0.2) is 0 Å². The Morgan fingerprint density at radius 3 is 2.95 bits per heavy atom. The van der Waals surface area contributed by atoms with E-state index in [1.165, 1.54) is 0 Å². The summed E-state index contributed by atoms with van der Waals surface area (Å²) in [5.41, 5.74) is 2.51. The zero-order valence-corrected chi connectivity index (χ0v) is 11.8. The molecule has 2 N–H and O–H groups in total. The van der Waals surface area contributed by atoms with Crippen LogP contribution in [0.3, 0.4) is 0 Å². The van der Waals surface area contributed by atoms with Gasteiger partial charge in [-0.3, -0.25) is 4.79 Å². The van der Waals surface area contributed by atoms with Crippen LogP contribution in [0.25, 0.3) is 0 Å². The number of amides is 1. The number of aryl methyl sites for hydroxylation is 1. The molecule has 2 rings (SSSR count). The number of aliphatic hydroxyl groups is 1. The van der Waals surface area contributed by atoms with Gasteiger partial charge in [0.1, 0.15) is 12.7 Å². The molecular weight excluding hydrogens is 254 g/mol. The first-order valence-electron chi connectivity index (χ1n) is 6.77. The van der Waals surface area contributed by atoms with Crippen molar-refractivity contribution in [2.24, 2.45) is 0 Å². The van der Waals surface area contributed by atoms with Crippen LogP contribution in [0, 0.1) is 18.8 Å². The summed E-state index contributed by atoms with van der Waals surface area (Å²) in [6, 6.07) is 5.55. The Morgan fingerprint density at radius 1 is 1.50 bits per heavy atom. The second-order valence-corrected chi connectivity index (χ2v) is 4.99. The van der Waals surface area contributed by atoms with E-state index in [2.05, 4.69) is 17.2 Å². The van der Waals surface area contributed by atoms with Crippen LogP contribution in [0.1, 0.15) is 30.9 Å². The van der Waals surface area contributed by atoms with Gasteiger partial charge in [-0.05, 0) is 44.4 Å². The molecular formula is C16H19NO3. The minimum Gasteiger partial charge on any atom is -0.384 e. The van der Waals surface area contributed by atoms with Crippen LogP contribution in [0.5, 0.6) is 0 Å². The molecule has 4 nitrogen and oxygen atoms in total. The van der Waals surface area contributed by atoms with Crippen molar-refractivity contribution in [2.45, 2.75) is 38.9 Å².